The molecule has 0 bridgehead atoms. The van der Waals surface area contributed by atoms with Crippen molar-refractivity contribution in [3.63, 3.8) is 0 Å². The van der Waals surface area contributed by atoms with Gasteiger partial charge < -0.3 is 25.5 Å². The molecule has 35 heavy (non-hydrogen) atoms. The zero-order valence-corrected chi connectivity index (χ0v) is 19.7. The van der Waals surface area contributed by atoms with Crippen molar-refractivity contribution in [2.45, 2.75) is 26.8 Å². The van der Waals surface area contributed by atoms with Crippen LogP contribution < -0.4 is 15.8 Å². The molecule has 0 radical (unpaired) electrons. The minimum Gasteiger partial charge on any atom is -0.466 e. The first-order chi connectivity index (χ1) is 16.8. The van der Waals surface area contributed by atoms with Crippen LogP contribution in [0.1, 0.15) is 30.3 Å². The molecule has 0 fully saturated rings. The SMILES string of the molecule is C#CCN(CCC(=O)OCC)C(=O)Oc1ccc2[nH]c(CNc3ccc(C(=N)N)cc3)nc2c1C. The zero-order valence-electron chi connectivity index (χ0n) is 19.7. The molecule has 0 unspecified atom stereocenters. The fraction of sp³-hybridized carbons (Fsp3) is 0.280. The van der Waals surface area contributed by atoms with E-state index in [1.807, 2.05) is 19.1 Å². The molecule has 0 saturated heterocycles. The molecular formula is C25H28N6O4. The Kier molecular flexibility index (Phi) is 8.29. The number of H-pyrrole nitrogens is 1. The monoisotopic (exact) mass is 476 g/mol. The van der Waals surface area contributed by atoms with Crippen molar-refractivity contribution in [1.82, 2.24) is 14.9 Å². The molecule has 2 aromatic carbocycles. The number of nitrogens with zero attached hydrogens (tertiary/aromatic N) is 2. The van der Waals surface area contributed by atoms with E-state index in [1.54, 1.807) is 31.2 Å². The summed E-state index contributed by atoms with van der Waals surface area (Å²) < 4.78 is 10.5. The Hall–Kier alpha value is -4.52. The van der Waals surface area contributed by atoms with E-state index >= 15 is 0 Å². The molecule has 0 atom stereocenters. The molecule has 0 saturated carbocycles. The second-order valence-corrected chi connectivity index (χ2v) is 7.66. The number of rotatable bonds is 10. The average molecular weight is 477 g/mol. The normalized spacial score (nSPS) is 10.4. The number of anilines is 1. The highest BCUT2D eigenvalue weighted by molar-refractivity contribution is 5.95. The summed E-state index contributed by atoms with van der Waals surface area (Å²) in [4.78, 5) is 33.5. The first kappa shape index (κ1) is 25.1. The quantitative estimate of drug-likeness (QED) is 0.152. The maximum atomic E-state index is 12.7. The van der Waals surface area contributed by atoms with Crippen LogP contribution in [0.3, 0.4) is 0 Å². The number of amidine groups is 1. The van der Waals surface area contributed by atoms with E-state index in [2.05, 4.69) is 21.2 Å². The Morgan fingerprint density at radius 1 is 1.26 bits per heavy atom. The minimum absolute atomic E-state index is 0.00511. The fourth-order valence-electron chi connectivity index (χ4n) is 3.36. The molecule has 5 N–H and O–H groups in total. The molecule has 0 spiro atoms. The lowest BCUT2D eigenvalue weighted by Crippen LogP contribution is -2.36. The summed E-state index contributed by atoms with van der Waals surface area (Å²) in [6.07, 6.45) is 4.75. The topological polar surface area (TPSA) is 146 Å². The summed E-state index contributed by atoms with van der Waals surface area (Å²) in [5, 5.41) is 10.7. The summed E-state index contributed by atoms with van der Waals surface area (Å²) in [6, 6.07) is 10.7. The van der Waals surface area contributed by atoms with E-state index in [0.29, 0.717) is 34.8 Å². The summed E-state index contributed by atoms with van der Waals surface area (Å²) in [6.45, 7) is 4.33. The van der Waals surface area contributed by atoms with E-state index in [-0.39, 0.29) is 32.0 Å². The largest absolute Gasteiger partial charge is 0.466 e. The van der Waals surface area contributed by atoms with Crippen LogP contribution in [0.2, 0.25) is 0 Å². The highest BCUT2D eigenvalue weighted by Crippen LogP contribution is 2.26. The number of esters is 1. The highest BCUT2D eigenvalue weighted by atomic mass is 16.6. The third-order valence-corrected chi connectivity index (χ3v) is 5.19. The number of nitrogen functional groups attached to an aromatic ring is 1. The number of aromatic amines is 1. The molecule has 10 nitrogen and oxygen atoms in total. The second kappa shape index (κ2) is 11.6. The lowest BCUT2D eigenvalue weighted by atomic mass is 10.2. The lowest BCUT2D eigenvalue weighted by Gasteiger charge is -2.19. The maximum Gasteiger partial charge on any atom is 0.416 e. The molecule has 0 aliphatic heterocycles. The third kappa shape index (κ3) is 6.51. The lowest BCUT2D eigenvalue weighted by molar-refractivity contribution is -0.143. The Labute approximate surface area is 203 Å². The van der Waals surface area contributed by atoms with Gasteiger partial charge in [0.15, 0.2) is 0 Å². The van der Waals surface area contributed by atoms with Crippen LogP contribution in [-0.2, 0) is 16.1 Å². The number of amides is 1. The predicted octanol–water partition coefficient (Wildman–Crippen LogP) is 3.15. The van der Waals surface area contributed by atoms with Gasteiger partial charge >= 0.3 is 12.1 Å². The van der Waals surface area contributed by atoms with Crippen LogP contribution in [0.15, 0.2) is 36.4 Å². The smallest absolute Gasteiger partial charge is 0.416 e. The van der Waals surface area contributed by atoms with Crippen molar-refractivity contribution in [2.75, 3.05) is 25.0 Å². The van der Waals surface area contributed by atoms with Gasteiger partial charge in [0.2, 0.25) is 0 Å². The number of aromatic nitrogens is 2. The van der Waals surface area contributed by atoms with Crippen LogP contribution >= 0.6 is 0 Å². The number of ether oxygens (including phenoxy) is 2. The maximum absolute atomic E-state index is 12.7. The van der Waals surface area contributed by atoms with Gasteiger partial charge in [0, 0.05) is 23.4 Å². The number of aryl methyl sites for hydroxylation is 1. The van der Waals surface area contributed by atoms with Gasteiger partial charge in [-0.05, 0) is 50.2 Å². The molecule has 1 heterocycles. The van der Waals surface area contributed by atoms with Crippen LogP contribution in [0.4, 0.5) is 10.5 Å². The van der Waals surface area contributed by atoms with Gasteiger partial charge in [-0.3, -0.25) is 15.1 Å². The average Bonchev–Trinajstić information content (AvgIpc) is 3.26. The number of imidazole rings is 1. The number of hydrogen-bond acceptors (Lipinski definition) is 7. The van der Waals surface area contributed by atoms with Gasteiger partial charge in [-0.25, -0.2) is 9.78 Å². The molecule has 182 valence electrons. The van der Waals surface area contributed by atoms with Crippen molar-refractivity contribution >= 4 is 34.6 Å². The number of nitrogens with two attached hydrogens (primary N) is 1. The van der Waals surface area contributed by atoms with Crippen molar-refractivity contribution < 1.29 is 19.1 Å². The molecule has 10 heteroatoms. The number of fused-ring (bicyclic) bond motifs is 1. The zero-order chi connectivity index (χ0) is 25.4. The van der Waals surface area contributed by atoms with Crippen LogP contribution in [0.25, 0.3) is 11.0 Å². The van der Waals surface area contributed by atoms with E-state index in [1.165, 1.54) is 4.90 Å². The Balaban J connectivity index is 1.68. The van der Waals surface area contributed by atoms with Gasteiger partial charge in [0.1, 0.15) is 17.4 Å². The van der Waals surface area contributed by atoms with Gasteiger partial charge in [-0.2, -0.15) is 0 Å². The van der Waals surface area contributed by atoms with Gasteiger partial charge in [0.05, 0.1) is 37.2 Å². The van der Waals surface area contributed by atoms with Gasteiger partial charge in [-0.1, -0.05) is 5.92 Å². The molecule has 1 amide bonds. The molecule has 1 aromatic heterocycles. The Morgan fingerprint density at radius 2 is 2.00 bits per heavy atom. The first-order valence-corrected chi connectivity index (χ1v) is 11.0. The summed E-state index contributed by atoms with van der Waals surface area (Å²) >= 11 is 0. The van der Waals surface area contributed by atoms with Crippen LogP contribution in [0.5, 0.6) is 5.75 Å². The number of nitrogens with one attached hydrogen (secondary N) is 3. The highest BCUT2D eigenvalue weighted by Gasteiger charge is 2.19. The number of terminal acetylenes is 1. The summed E-state index contributed by atoms with van der Waals surface area (Å²) in [5.74, 6) is 3.06. The molecular weight excluding hydrogens is 448 g/mol. The number of benzene rings is 2. The Bertz CT molecular complexity index is 1260. The first-order valence-electron chi connectivity index (χ1n) is 11.0. The fourth-order valence-corrected chi connectivity index (χ4v) is 3.36. The van der Waals surface area contributed by atoms with E-state index < -0.39 is 12.1 Å². The summed E-state index contributed by atoms with van der Waals surface area (Å²) in [7, 11) is 0. The van der Waals surface area contributed by atoms with Crippen LogP contribution in [0, 0.1) is 24.7 Å². The number of carbonyl (C=O) groups excluding carboxylic acids is 2. The van der Waals surface area contributed by atoms with Crippen LogP contribution in [-0.4, -0.2) is 52.5 Å². The Morgan fingerprint density at radius 3 is 2.66 bits per heavy atom. The van der Waals surface area contributed by atoms with Crippen molar-refractivity contribution in [1.29, 1.82) is 5.41 Å². The van der Waals surface area contributed by atoms with E-state index in [4.69, 9.17) is 27.0 Å². The van der Waals surface area contributed by atoms with Crippen molar-refractivity contribution in [2.24, 2.45) is 5.73 Å². The second-order valence-electron chi connectivity index (χ2n) is 7.66. The van der Waals surface area contributed by atoms with E-state index in [9.17, 15) is 9.59 Å². The van der Waals surface area contributed by atoms with Gasteiger partial charge in [0.25, 0.3) is 0 Å². The number of hydrogen-bond donors (Lipinski definition) is 4. The van der Waals surface area contributed by atoms with E-state index in [0.717, 1.165) is 11.2 Å². The predicted molar refractivity (Wildman–Crippen MR) is 133 cm³/mol. The molecule has 0 aliphatic carbocycles. The molecule has 3 aromatic rings. The third-order valence-electron chi connectivity index (χ3n) is 5.19. The van der Waals surface area contributed by atoms with Gasteiger partial charge in [-0.15, -0.1) is 6.42 Å². The summed E-state index contributed by atoms with van der Waals surface area (Å²) in [5.41, 5.74) is 9.16. The van der Waals surface area contributed by atoms with Crippen molar-refractivity contribution in [3.05, 3.63) is 53.3 Å². The number of carbonyl (C=O) groups is 2. The molecule has 3 rings (SSSR count). The standard InChI is InChI=1S/C25H28N6O4/c1-4-13-31(14-12-22(32)34-5-2)25(33)35-20-11-10-19-23(16(20)3)30-21(29-19)15-28-18-8-6-17(7-9-18)24(26)27/h1,6-11,28H,5,12-15H2,2-3H3,(H3,26,27)(H,29,30). The van der Waals surface area contributed by atoms with Crippen molar-refractivity contribution in [3.8, 4) is 18.1 Å². The molecule has 0 aliphatic rings. The minimum atomic E-state index is -0.652.